The smallest absolute Gasteiger partial charge is 0.320 e. The maximum Gasteiger partial charge on any atom is 0.355 e. The van der Waals surface area contributed by atoms with Crippen LogP contribution in [0, 0.1) is 5.92 Å². The van der Waals surface area contributed by atoms with Gasteiger partial charge in [-0.1, -0.05) is 19.8 Å². The van der Waals surface area contributed by atoms with Crippen LogP contribution in [0.15, 0.2) is 0 Å². The van der Waals surface area contributed by atoms with Crippen molar-refractivity contribution in [2.45, 2.75) is 45.1 Å². The van der Waals surface area contributed by atoms with Crippen molar-refractivity contribution in [3.8, 4) is 0 Å². The molecule has 0 aromatic rings. The summed E-state index contributed by atoms with van der Waals surface area (Å²) in [4.78, 5) is 0. The Bertz CT molecular complexity index is 130. The minimum atomic E-state index is -2.90. The molecule has 1 nitrogen and oxygen atoms in total. The highest BCUT2D eigenvalue weighted by Crippen LogP contribution is 2.28. The lowest BCUT2D eigenvalue weighted by molar-refractivity contribution is -0.244. The van der Waals surface area contributed by atoms with Crippen molar-refractivity contribution in [2.24, 2.45) is 5.92 Å². The van der Waals surface area contributed by atoms with E-state index in [1.165, 1.54) is 19.8 Å². The Kier molecular flexibility index (Phi) is 3.44. The zero-order valence-corrected chi connectivity index (χ0v) is 7.48. The summed E-state index contributed by atoms with van der Waals surface area (Å²) in [6.07, 6.45) is 1.33. The van der Waals surface area contributed by atoms with E-state index in [0.29, 0.717) is 5.92 Å². The fraction of sp³-hybridized carbons (Fsp3) is 1.00. The van der Waals surface area contributed by atoms with Gasteiger partial charge in [-0.05, 0) is 18.8 Å². The van der Waals surface area contributed by atoms with E-state index in [2.05, 4.69) is 4.74 Å². The van der Waals surface area contributed by atoms with E-state index in [4.69, 9.17) is 0 Å². The maximum absolute atomic E-state index is 12.6. The molecule has 0 amide bonds. The third-order valence-corrected chi connectivity index (χ3v) is 2.42. The van der Waals surface area contributed by atoms with E-state index < -0.39 is 6.11 Å². The van der Waals surface area contributed by atoms with Crippen LogP contribution in [0.5, 0.6) is 0 Å². The Labute approximate surface area is 72.1 Å². The molecule has 0 heterocycles. The third kappa shape index (κ3) is 3.05. The van der Waals surface area contributed by atoms with Crippen LogP contribution in [0.25, 0.3) is 0 Å². The van der Waals surface area contributed by atoms with Gasteiger partial charge in [0, 0.05) is 6.42 Å². The first kappa shape index (κ1) is 9.90. The zero-order valence-electron chi connectivity index (χ0n) is 7.48. The van der Waals surface area contributed by atoms with Gasteiger partial charge in [0.25, 0.3) is 0 Å². The van der Waals surface area contributed by atoms with Crippen molar-refractivity contribution in [1.29, 1.82) is 0 Å². The molecule has 0 N–H and O–H groups in total. The lowest BCUT2D eigenvalue weighted by Gasteiger charge is -2.17. The van der Waals surface area contributed by atoms with Gasteiger partial charge in [-0.25, -0.2) is 0 Å². The normalized spacial score (nSPS) is 20.2. The monoisotopic (exact) mass is 178 g/mol. The van der Waals surface area contributed by atoms with E-state index in [1.807, 2.05) is 0 Å². The highest BCUT2D eigenvalue weighted by atomic mass is 19.3. The lowest BCUT2D eigenvalue weighted by Crippen LogP contribution is -2.22. The van der Waals surface area contributed by atoms with Gasteiger partial charge >= 0.3 is 6.11 Å². The van der Waals surface area contributed by atoms with E-state index in [1.54, 1.807) is 0 Å². The number of ether oxygens (including phenoxy) is 1. The first-order chi connectivity index (χ1) is 5.64. The molecule has 0 aromatic carbocycles. The van der Waals surface area contributed by atoms with Crippen LogP contribution >= 0.6 is 0 Å². The van der Waals surface area contributed by atoms with Gasteiger partial charge in [0.15, 0.2) is 0 Å². The topological polar surface area (TPSA) is 9.23 Å². The van der Waals surface area contributed by atoms with E-state index in [0.717, 1.165) is 12.8 Å². The molecule has 0 unspecified atom stereocenters. The first-order valence-corrected chi connectivity index (χ1v) is 4.66. The SMILES string of the molecule is CCC(F)(F)OCC1CCCC1. The number of halogens is 2. The van der Waals surface area contributed by atoms with Gasteiger partial charge in [-0.3, -0.25) is 0 Å². The summed E-state index contributed by atoms with van der Waals surface area (Å²) in [7, 11) is 0. The molecule has 72 valence electrons. The summed E-state index contributed by atoms with van der Waals surface area (Å²) in [6, 6.07) is 0. The van der Waals surface area contributed by atoms with Crippen molar-refractivity contribution >= 4 is 0 Å². The molecule has 3 heteroatoms. The second-order valence-corrected chi connectivity index (χ2v) is 3.45. The Morgan fingerprint density at radius 3 is 2.42 bits per heavy atom. The van der Waals surface area contributed by atoms with Crippen LogP contribution in [-0.4, -0.2) is 12.7 Å². The summed E-state index contributed by atoms with van der Waals surface area (Å²) in [6.45, 7) is 1.68. The quantitative estimate of drug-likeness (QED) is 0.642. The maximum atomic E-state index is 12.6. The molecule has 1 fully saturated rings. The molecular weight excluding hydrogens is 162 g/mol. The van der Waals surface area contributed by atoms with Crippen molar-refractivity contribution in [3.63, 3.8) is 0 Å². The average molecular weight is 178 g/mol. The van der Waals surface area contributed by atoms with Crippen LogP contribution in [-0.2, 0) is 4.74 Å². The minimum absolute atomic E-state index is 0.222. The minimum Gasteiger partial charge on any atom is -0.320 e. The molecule has 0 bridgehead atoms. The van der Waals surface area contributed by atoms with Gasteiger partial charge in [-0.15, -0.1) is 0 Å². The van der Waals surface area contributed by atoms with E-state index in [9.17, 15) is 8.78 Å². The molecule has 0 spiro atoms. The molecule has 1 rings (SSSR count). The van der Waals surface area contributed by atoms with E-state index in [-0.39, 0.29) is 13.0 Å². The fourth-order valence-electron chi connectivity index (χ4n) is 1.52. The average Bonchev–Trinajstić information content (AvgIpc) is 2.53. The summed E-state index contributed by atoms with van der Waals surface area (Å²) in [5.74, 6) is 0.377. The molecule has 0 saturated heterocycles. The van der Waals surface area contributed by atoms with E-state index >= 15 is 0 Å². The summed E-state index contributed by atoms with van der Waals surface area (Å²) >= 11 is 0. The predicted molar refractivity (Wildman–Crippen MR) is 43.1 cm³/mol. The zero-order chi connectivity index (χ0) is 9.03. The number of hydrogen-bond acceptors (Lipinski definition) is 1. The first-order valence-electron chi connectivity index (χ1n) is 4.66. The number of hydrogen-bond donors (Lipinski definition) is 0. The van der Waals surface area contributed by atoms with Crippen molar-refractivity contribution in [2.75, 3.05) is 6.61 Å². The molecule has 0 atom stereocenters. The molecule has 0 radical (unpaired) electrons. The fourth-order valence-corrected chi connectivity index (χ4v) is 1.52. The molecule has 12 heavy (non-hydrogen) atoms. The molecule has 0 aromatic heterocycles. The Hall–Kier alpha value is -0.180. The largest absolute Gasteiger partial charge is 0.355 e. The molecule has 1 saturated carbocycles. The van der Waals surface area contributed by atoms with Gasteiger partial charge in [0.1, 0.15) is 0 Å². The molecular formula is C9H16F2O. The highest BCUT2D eigenvalue weighted by molar-refractivity contribution is 4.67. The van der Waals surface area contributed by atoms with Crippen LogP contribution in [0.3, 0.4) is 0 Å². The van der Waals surface area contributed by atoms with Crippen LogP contribution in [0.1, 0.15) is 39.0 Å². The summed E-state index contributed by atoms with van der Waals surface area (Å²) in [5.41, 5.74) is 0. The summed E-state index contributed by atoms with van der Waals surface area (Å²) in [5, 5.41) is 0. The van der Waals surface area contributed by atoms with Crippen LogP contribution in [0.2, 0.25) is 0 Å². The van der Waals surface area contributed by atoms with Crippen LogP contribution < -0.4 is 0 Å². The van der Waals surface area contributed by atoms with Crippen molar-refractivity contribution in [3.05, 3.63) is 0 Å². The second-order valence-electron chi connectivity index (χ2n) is 3.45. The van der Waals surface area contributed by atoms with Gasteiger partial charge in [-0.2, -0.15) is 8.78 Å². The third-order valence-electron chi connectivity index (χ3n) is 2.42. The lowest BCUT2D eigenvalue weighted by atomic mass is 10.1. The second kappa shape index (κ2) is 4.17. The summed E-state index contributed by atoms with van der Waals surface area (Å²) < 4.78 is 29.7. The molecule has 1 aliphatic carbocycles. The standard InChI is InChI=1S/C9H16F2O/c1-2-9(10,11)12-7-8-5-3-4-6-8/h8H,2-7H2,1H3. The Morgan fingerprint density at radius 1 is 1.33 bits per heavy atom. The molecule has 1 aliphatic rings. The van der Waals surface area contributed by atoms with Crippen LogP contribution in [0.4, 0.5) is 8.78 Å². The Morgan fingerprint density at radius 2 is 1.92 bits per heavy atom. The van der Waals surface area contributed by atoms with Crippen molar-refractivity contribution < 1.29 is 13.5 Å². The van der Waals surface area contributed by atoms with Gasteiger partial charge in [0.2, 0.25) is 0 Å². The van der Waals surface area contributed by atoms with Crippen molar-refractivity contribution in [1.82, 2.24) is 0 Å². The Balaban J connectivity index is 2.15. The molecule has 0 aliphatic heterocycles. The van der Waals surface area contributed by atoms with Gasteiger partial charge < -0.3 is 4.74 Å². The number of rotatable bonds is 4. The number of alkyl halides is 2. The predicted octanol–water partition coefficient (Wildman–Crippen LogP) is 3.20. The van der Waals surface area contributed by atoms with Gasteiger partial charge in [0.05, 0.1) is 6.61 Å². The highest BCUT2D eigenvalue weighted by Gasteiger charge is 2.28.